The van der Waals surface area contributed by atoms with E-state index in [1.807, 2.05) is 41.3 Å². The molecule has 2 aromatic rings. The average Bonchev–Trinajstić information content (AvgIpc) is 2.68. The number of hydrogen-bond donors (Lipinski definition) is 0. The molecule has 0 N–H and O–H groups in total. The number of carbonyl (C=O) groups is 1. The summed E-state index contributed by atoms with van der Waals surface area (Å²) in [7, 11) is 1.61. The number of anilines is 1. The fourth-order valence-electron chi connectivity index (χ4n) is 3.01. The van der Waals surface area contributed by atoms with Crippen LogP contribution in [-0.2, 0) is 4.79 Å². The van der Waals surface area contributed by atoms with Crippen LogP contribution in [-0.4, -0.2) is 50.2 Å². The van der Waals surface area contributed by atoms with Crippen LogP contribution in [0.15, 0.2) is 54.6 Å². The van der Waals surface area contributed by atoms with Crippen molar-refractivity contribution in [2.75, 3.05) is 38.2 Å². The Balaban J connectivity index is 1.54. The van der Waals surface area contributed by atoms with E-state index in [1.165, 1.54) is 5.69 Å². The quantitative estimate of drug-likeness (QED) is 0.839. The summed E-state index contributed by atoms with van der Waals surface area (Å²) >= 11 is 0. The lowest BCUT2D eigenvalue weighted by molar-refractivity contribution is -0.138. The minimum atomic E-state index is -0.518. The van der Waals surface area contributed by atoms with Crippen molar-refractivity contribution in [1.29, 1.82) is 0 Å². The van der Waals surface area contributed by atoms with E-state index in [1.54, 1.807) is 20.1 Å². The number of para-hydroxylation sites is 1. The lowest BCUT2D eigenvalue weighted by Crippen LogP contribution is -2.52. The van der Waals surface area contributed by atoms with Gasteiger partial charge in [-0.15, -0.1) is 0 Å². The van der Waals surface area contributed by atoms with Gasteiger partial charge in [0, 0.05) is 37.9 Å². The number of benzene rings is 2. The highest BCUT2D eigenvalue weighted by Crippen LogP contribution is 2.21. The Kier molecular flexibility index (Phi) is 5.43. The monoisotopic (exact) mass is 340 g/mol. The third-order valence-electron chi connectivity index (χ3n) is 4.41. The second-order valence-corrected chi connectivity index (χ2v) is 6.09. The Morgan fingerprint density at radius 1 is 0.960 bits per heavy atom. The Bertz CT molecular complexity index is 697. The van der Waals surface area contributed by atoms with Crippen molar-refractivity contribution in [3.8, 4) is 11.5 Å². The van der Waals surface area contributed by atoms with Gasteiger partial charge in [0.15, 0.2) is 6.10 Å². The summed E-state index contributed by atoms with van der Waals surface area (Å²) in [5, 5.41) is 0. The minimum Gasteiger partial charge on any atom is -0.497 e. The van der Waals surface area contributed by atoms with Gasteiger partial charge >= 0.3 is 0 Å². The van der Waals surface area contributed by atoms with Gasteiger partial charge in [0.2, 0.25) is 0 Å². The van der Waals surface area contributed by atoms with Gasteiger partial charge in [0.25, 0.3) is 5.91 Å². The molecule has 1 aliphatic rings. The van der Waals surface area contributed by atoms with Crippen LogP contribution in [0, 0.1) is 0 Å². The molecule has 1 amide bonds. The van der Waals surface area contributed by atoms with Gasteiger partial charge in [0.05, 0.1) is 7.11 Å². The predicted octanol–water partition coefficient (Wildman–Crippen LogP) is 2.81. The molecule has 25 heavy (non-hydrogen) atoms. The van der Waals surface area contributed by atoms with Crippen LogP contribution in [0.25, 0.3) is 0 Å². The topological polar surface area (TPSA) is 42.0 Å². The SMILES string of the molecule is COc1cccc(O[C@H](C)C(=O)N2CCN(c3ccccc3)CC2)c1. The van der Waals surface area contributed by atoms with E-state index in [-0.39, 0.29) is 5.91 Å². The predicted molar refractivity (Wildman–Crippen MR) is 98.3 cm³/mol. The molecule has 0 spiro atoms. The van der Waals surface area contributed by atoms with Crippen molar-refractivity contribution in [1.82, 2.24) is 4.90 Å². The average molecular weight is 340 g/mol. The standard InChI is InChI=1S/C20H24N2O3/c1-16(25-19-10-6-9-18(15-19)24-2)20(23)22-13-11-21(12-14-22)17-7-4-3-5-8-17/h3-10,15-16H,11-14H2,1-2H3/t16-/m1/s1. The maximum atomic E-state index is 12.7. The van der Waals surface area contributed by atoms with E-state index < -0.39 is 6.10 Å². The van der Waals surface area contributed by atoms with Gasteiger partial charge in [0.1, 0.15) is 11.5 Å². The van der Waals surface area contributed by atoms with Crippen LogP contribution in [0.4, 0.5) is 5.69 Å². The zero-order chi connectivity index (χ0) is 17.6. The van der Waals surface area contributed by atoms with Crippen molar-refractivity contribution in [3.05, 3.63) is 54.6 Å². The highest BCUT2D eigenvalue weighted by atomic mass is 16.5. The highest BCUT2D eigenvalue weighted by Gasteiger charge is 2.26. The molecule has 0 bridgehead atoms. The Morgan fingerprint density at radius 2 is 1.64 bits per heavy atom. The van der Waals surface area contributed by atoms with Gasteiger partial charge in [-0.1, -0.05) is 24.3 Å². The summed E-state index contributed by atoms with van der Waals surface area (Å²) in [5.41, 5.74) is 1.20. The van der Waals surface area contributed by atoms with Gasteiger partial charge < -0.3 is 19.3 Å². The molecule has 1 aliphatic heterocycles. The summed E-state index contributed by atoms with van der Waals surface area (Å²) in [5.74, 6) is 1.38. The molecule has 132 valence electrons. The molecule has 5 nitrogen and oxygen atoms in total. The first-order valence-corrected chi connectivity index (χ1v) is 8.57. The summed E-state index contributed by atoms with van der Waals surface area (Å²) in [4.78, 5) is 16.8. The number of methoxy groups -OCH3 is 1. The third-order valence-corrected chi connectivity index (χ3v) is 4.41. The van der Waals surface area contributed by atoms with Crippen molar-refractivity contribution >= 4 is 11.6 Å². The zero-order valence-electron chi connectivity index (χ0n) is 14.7. The van der Waals surface area contributed by atoms with Crippen LogP contribution in [0.5, 0.6) is 11.5 Å². The molecular formula is C20H24N2O3. The van der Waals surface area contributed by atoms with Gasteiger partial charge in [-0.3, -0.25) is 4.79 Å². The van der Waals surface area contributed by atoms with E-state index in [9.17, 15) is 4.79 Å². The normalized spacial score (nSPS) is 15.6. The number of ether oxygens (including phenoxy) is 2. The van der Waals surface area contributed by atoms with Crippen molar-refractivity contribution in [3.63, 3.8) is 0 Å². The smallest absolute Gasteiger partial charge is 0.263 e. The summed E-state index contributed by atoms with van der Waals surface area (Å²) < 4.78 is 11.0. The molecule has 1 fully saturated rings. The fourth-order valence-corrected chi connectivity index (χ4v) is 3.01. The Morgan fingerprint density at radius 3 is 2.32 bits per heavy atom. The first-order chi connectivity index (χ1) is 12.2. The first kappa shape index (κ1) is 17.1. The van der Waals surface area contributed by atoms with Crippen LogP contribution in [0.1, 0.15) is 6.92 Å². The van der Waals surface area contributed by atoms with E-state index in [0.29, 0.717) is 24.6 Å². The molecular weight excluding hydrogens is 316 g/mol. The fraction of sp³-hybridized carbons (Fsp3) is 0.350. The van der Waals surface area contributed by atoms with Crippen molar-refractivity contribution in [2.24, 2.45) is 0 Å². The molecule has 1 atom stereocenters. The number of amides is 1. The number of nitrogens with zero attached hydrogens (tertiary/aromatic N) is 2. The summed E-state index contributed by atoms with van der Waals surface area (Å²) in [6.07, 6.45) is -0.518. The van der Waals surface area contributed by atoms with Crippen molar-refractivity contribution in [2.45, 2.75) is 13.0 Å². The largest absolute Gasteiger partial charge is 0.497 e. The van der Waals surface area contributed by atoms with E-state index in [0.717, 1.165) is 13.1 Å². The molecule has 0 unspecified atom stereocenters. The third kappa shape index (κ3) is 4.24. The highest BCUT2D eigenvalue weighted by molar-refractivity contribution is 5.81. The Labute approximate surface area is 148 Å². The second kappa shape index (κ2) is 7.92. The van der Waals surface area contributed by atoms with E-state index in [2.05, 4.69) is 17.0 Å². The van der Waals surface area contributed by atoms with Crippen LogP contribution in [0.3, 0.4) is 0 Å². The molecule has 0 aromatic heterocycles. The van der Waals surface area contributed by atoms with Gasteiger partial charge in [-0.25, -0.2) is 0 Å². The van der Waals surface area contributed by atoms with E-state index >= 15 is 0 Å². The molecule has 0 saturated carbocycles. The number of carbonyl (C=O) groups excluding carboxylic acids is 1. The molecule has 2 aromatic carbocycles. The lowest BCUT2D eigenvalue weighted by atomic mass is 10.2. The molecule has 0 radical (unpaired) electrons. The number of hydrogen-bond acceptors (Lipinski definition) is 4. The maximum absolute atomic E-state index is 12.7. The molecule has 1 heterocycles. The second-order valence-electron chi connectivity index (χ2n) is 6.09. The van der Waals surface area contributed by atoms with E-state index in [4.69, 9.17) is 9.47 Å². The minimum absolute atomic E-state index is 0.0236. The van der Waals surface area contributed by atoms with Gasteiger partial charge in [-0.2, -0.15) is 0 Å². The first-order valence-electron chi connectivity index (χ1n) is 8.57. The number of piperazine rings is 1. The summed E-state index contributed by atoms with van der Waals surface area (Å²) in [6.45, 7) is 4.88. The van der Waals surface area contributed by atoms with Crippen LogP contribution in [0.2, 0.25) is 0 Å². The molecule has 5 heteroatoms. The van der Waals surface area contributed by atoms with Crippen molar-refractivity contribution < 1.29 is 14.3 Å². The molecule has 0 aliphatic carbocycles. The molecule has 3 rings (SSSR count). The Hall–Kier alpha value is -2.69. The number of rotatable bonds is 5. The summed E-state index contributed by atoms with van der Waals surface area (Å²) in [6, 6.07) is 17.6. The van der Waals surface area contributed by atoms with Gasteiger partial charge in [-0.05, 0) is 31.2 Å². The van der Waals surface area contributed by atoms with Crippen LogP contribution >= 0.6 is 0 Å². The molecule has 1 saturated heterocycles. The lowest BCUT2D eigenvalue weighted by Gasteiger charge is -2.37. The maximum Gasteiger partial charge on any atom is 0.263 e. The van der Waals surface area contributed by atoms with Crippen LogP contribution < -0.4 is 14.4 Å². The zero-order valence-corrected chi connectivity index (χ0v) is 14.7.